The average Bonchev–Trinajstić information content (AvgIpc) is 2.29. The van der Waals surface area contributed by atoms with Crippen LogP contribution in [0.25, 0.3) is 0 Å². The first kappa shape index (κ1) is 12.5. The van der Waals surface area contributed by atoms with Crippen molar-refractivity contribution in [1.29, 1.82) is 0 Å². The van der Waals surface area contributed by atoms with E-state index < -0.39 is 0 Å². The molecule has 4 heteroatoms. The number of rotatable bonds is 5. The summed E-state index contributed by atoms with van der Waals surface area (Å²) >= 11 is 0. The van der Waals surface area contributed by atoms with Gasteiger partial charge in [-0.2, -0.15) is 0 Å². The van der Waals surface area contributed by atoms with Crippen LogP contribution < -0.4 is 4.90 Å². The molecule has 1 aromatic heterocycles. The summed E-state index contributed by atoms with van der Waals surface area (Å²) in [7, 11) is 1.41. The molecule has 0 bridgehead atoms. The van der Waals surface area contributed by atoms with Gasteiger partial charge in [0.2, 0.25) is 0 Å². The first-order valence-electron chi connectivity index (χ1n) is 5.41. The highest BCUT2D eigenvalue weighted by Crippen LogP contribution is 2.12. The molecule has 0 aliphatic carbocycles. The van der Waals surface area contributed by atoms with E-state index >= 15 is 0 Å². The number of pyridine rings is 1. The lowest BCUT2D eigenvalue weighted by molar-refractivity contribution is -0.140. The predicted molar refractivity (Wildman–Crippen MR) is 63.5 cm³/mol. The highest BCUT2D eigenvalue weighted by atomic mass is 16.5. The second-order valence-corrected chi connectivity index (χ2v) is 3.60. The number of nitrogens with zero attached hydrogens (tertiary/aromatic N) is 2. The normalized spacial score (nSPS) is 9.94. The molecular formula is C12H18N2O2. The number of ether oxygens (including phenoxy) is 1. The lowest BCUT2D eigenvalue weighted by Gasteiger charge is -2.21. The zero-order valence-corrected chi connectivity index (χ0v) is 10.1. The molecule has 0 N–H and O–H groups in total. The van der Waals surface area contributed by atoms with Gasteiger partial charge in [0.05, 0.1) is 13.5 Å². The van der Waals surface area contributed by atoms with E-state index in [0.29, 0.717) is 13.0 Å². The van der Waals surface area contributed by atoms with Crippen molar-refractivity contribution in [2.75, 3.05) is 25.1 Å². The Morgan fingerprint density at radius 2 is 2.31 bits per heavy atom. The van der Waals surface area contributed by atoms with E-state index in [9.17, 15) is 4.79 Å². The molecule has 0 radical (unpaired) electrons. The van der Waals surface area contributed by atoms with Gasteiger partial charge in [-0.1, -0.05) is 0 Å². The predicted octanol–water partition coefficient (Wildman–Crippen LogP) is 1.78. The molecule has 1 rings (SSSR count). The molecule has 88 valence electrons. The van der Waals surface area contributed by atoms with Gasteiger partial charge >= 0.3 is 5.97 Å². The number of hydrogen-bond donors (Lipinski definition) is 0. The Labute approximate surface area is 96.2 Å². The summed E-state index contributed by atoms with van der Waals surface area (Å²) < 4.78 is 4.62. The Morgan fingerprint density at radius 3 is 2.88 bits per heavy atom. The van der Waals surface area contributed by atoms with Crippen LogP contribution in [0.5, 0.6) is 0 Å². The molecule has 16 heavy (non-hydrogen) atoms. The standard InChI is InChI=1S/C12H18N2O2/c1-4-14(8-6-12(15)16-3)11-9-10(2)5-7-13-11/h5,7,9H,4,6,8H2,1-3H3. The zero-order valence-electron chi connectivity index (χ0n) is 10.1. The molecule has 0 saturated carbocycles. The fourth-order valence-corrected chi connectivity index (χ4v) is 1.46. The number of hydrogen-bond acceptors (Lipinski definition) is 4. The molecule has 0 aliphatic heterocycles. The molecule has 0 fully saturated rings. The van der Waals surface area contributed by atoms with Crippen LogP contribution in [0.3, 0.4) is 0 Å². The minimum atomic E-state index is -0.189. The highest BCUT2D eigenvalue weighted by Gasteiger charge is 2.08. The summed E-state index contributed by atoms with van der Waals surface area (Å²) in [5.74, 6) is 0.720. The average molecular weight is 222 g/mol. The van der Waals surface area contributed by atoms with Crippen LogP contribution in [0.1, 0.15) is 18.9 Å². The van der Waals surface area contributed by atoms with Crippen LogP contribution in [0.15, 0.2) is 18.3 Å². The molecular weight excluding hydrogens is 204 g/mol. The van der Waals surface area contributed by atoms with Crippen molar-refractivity contribution in [1.82, 2.24) is 4.98 Å². The van der Waals surface area contributed by atoms with Crippen LogP contribution in [0, 0.1) is 6.92 Å². The Morgan fingerprint density at radius 1 is 1.56 bits per heavy atom. The van der Waals surface area contributed by atoms with Gasteiger partial charge in [-0.3, -0.25) is 4.79 Å². The molecule has 4 nitrogen and oxygen atoms in total. The van der Waals surface area contributed by atoms with E-state index in [2.05, 4.69) is 14.6 Å². The summed E-state index contributed by atoms with van der Waals surface area (Å²) in [4.78, 5) is 17.4. The van der Waals surface area contributed by atoms with E-state index in [-0.39, 0.29) is 5.97 Å². The van der Waals surface area contributed by atoms with Crippen LogP contribution in [-0.4, -0.2) is 31.2 Å². The summed E-state index contributed by atoms with van der Waals surface area (Å²) in [6.45, 7) is 5.54. The Kier molecular flexibility index (Phi) is 4.76. The molecule has 0 spiro atoms. The fraction of sp³-hybridized carbons (Fsp3) is 0.500. The van der Waals surface area contributed by atoms with Gasteiger partial charge in [0.25, 0.3) is 0 Å². The van der Waals surface area contributed by atoms with Gasteiger partial charge in [-0.25, -0.2) is 4.98 Å². The van der Waals surface area contributed by atoms with Crippen molar-refractivity contribution in [2.24, 2.45) is 0 Å². The summed E-state index contributed by atoms with van der Waals surface area (Å²) in [5, 5.41) is 0. The van der Waals surface area contributed by atoms with Crippen molar-refractivity contribution < 1.29 is 9.53 Å². The molecule has 1 heterocycles. The van der Waals surface area contributed by atoms with Gasteiger partial charge in [0.1, 0.15) is 5.82 Å². The van der Waals surface area contributed by atoms with Gasteiger partial charge in [0.15, 0.2) is 0 Å². The Balaban J connectivity index is 2.64. The molecule has 0 saturated heterocycles. The van der Waals surface area contributed by atoms with Crippen molar-refractivity contribution in [3.05, 3.63) is 23.9 Å². The lowest BCUT2D eigenvalue weighted by atomic mass is 10.3. The third-order valence-corrected chi connectivity index (χ3v) is 2.42. The minimum Gasteiger partial charge on any atom is -0.469 e. The third-order valence-electron chi connectivity index (χ3n) is 2.42. The van der Waals surface area contributed by atoms with Gasteiger partial charge in [-0.05, 0) is 31.5 Å². The van der Waals surface area contributed by atoms with Gasteiger partial charge in [-0.15, -0.1) is 0 Å². The third kappa shape index (κ3) is 3.53. The Hall–Kier alpha value is -1.58. The molecule has 0 unspecified atom stereocenters. The largest absolute Gasteiger partial charge is 0.469 e. The summed E-state index contributed by atoms with van der Waals surface area (Å²) in [6.07, 6.45) is 2.17. The first-order chi connectivity index (χ1) is 7.67. The van der Waals surface area contributed by atoms with Gasteiger partial charge < -0.3 is 9.64 Å². The van der Waals surface area contributed by atoms with Crippen LogP contribution >= 0.6 is 0 Å². The number of aromatic nitrogens is 1. The SMILES string of the molecule is CCN(CCC(=O)OC)c1cc(C)ccn1. The number of aryl methyl sites for hydroxylation is 1. The number of carbonyl (C=O) groups is 1. The lowest BCUT2D eigenvalue weighted by Crippen LogP contribution is -2.26. The molecule has 0 aromatic carbocycles. The van der Waals surface area contributed by atoms with E-state index in [1.807, 2.05) is 26.0 Å². The van der Waals surface area contributed by atoms with Crippen molar-refractivity contribution in [2.45, 2.75) is 20.3 Å². The zero-order chi connectivity index (χ0) is 12.0. The number of esters is 1. The summed E-state index contributed by atoms with van der Waals surface area (Å²) in [6, 6.07) is 3.97. The maximum atomic E-state index is 11.1. The smallest absolute Gasteiger partial charge is 0.307 e. The quantitative estimate of drug-likeness (QED) is 0.712. The van der Waals surface area contributed by atoms with Crippen LogP contribution in [0.4, 0.5) is 5.82 Å². The highest BCUT2D eigenvalue weighted by molar-refractivity contribution is 5.69. The monoisotopic (exact) mass is 222 g/mol. The maximum absolute atomic E-state index is 11.1. The fourth-order valence-electron chi connectivity index (χ4n) is 1.46. The van der Waals surface area contributed by atoms with E-state index in [0.717, 1.165) is 12.4 Å². The second kappa shape index (κ2) is 6.10. The Bertz CT molecular complexity index is 353. The topological polar surface area (TPSA) is 42.4 Å². The molecule has 0 amide bonds. The second-order valence-electron chi connectivity index (χ2n) is 3.60. The van der Waals surface area contributed by atoms with E-state index in [1.54, 1.807) is 6.20 Å². The van der Waals surface area contributed by atoms with E-state index in [4.69, 9.17) is 0 Å². The minimum absolute atomic E-state index is 0.189. The van der Waals surface area contributed by atoms with Crippen molar-refractivity contribution in [3.63, 3.8) is 0 Å². The van der Waals surface area contributed by atoms with Crippen LogP contribution in [-0.2, 0) is 9.53 Å². The van der Waals surface area contributed by atoms with Gasteiger partial charge in [0, 0.05) is 19.3 Å². The van der Waals surface area contributed by atoms with Crippen molar-refractivity contribution >= 4 is 11.8 Å². The van der Waals surface area contributed by atoms with E-state index in [1.165, 1.54) is 12.7 Å². The molecule has 0 atom stereocenters. The number of carbonyl (C=O) groups excluding carboxylic acids is 1. The number of methoxy groups -OCH3 is 1. The first-order valence-corrected chi connectivity index (χ1v) is 5.41. The number of anilines is 1. The molecule has 1 aromatic rings. The maximum Gasteiger partial charge on any atom is 0.307 e. The molecule has 0 aliphatic rings. The van der Waals surface area contributed by atoms with Crippen LogP contribution in [0.2, 0.25) is 0 Å². The van der Waals surface area contributed by atoms with Crippen molar-refractivity contribution in [3.8, 4) is 0 Å². The summed E-state index contributed by atoms with van der Waals surface area (Å²) in [5.41, 5.74) is 1.17.